The van der Waals surface area contributed by atoms with Crippen molar-refractivity contribution in [2.75, 3.05) is 6.61 Å². The van der Waals surface area contributed by atoms with E-state index in [0.717, 1.165) is 0 Å². The summed E-state index contributed by atoms with van der Waals surface area (Å²) in [5, 5.41) is 19.6. The Labute approximate surface area is 105 Å². The summed E-state index contributed by atoms with van der Waals surface area (Å²) >= 11 is 0. The fourth-order valence-corrected chi connectivity index (χ4v) is 0.343. The largest absolute Gasteiger partial charge is 1.00 e. The van der Waals surface area contributed by atoms with Crippen LogP contribution >= 0.6 is 0 Å². The van der Waals surface area contributed by atoms with Crippen LogP contribution in [0.1, 0.15) is 13.3 Å². The third kappa shape index (κ3) is 12.1. The maximum atomic E-state index is 9.87. The van der Waals surface area contributed by atoms with Crippen molar-refractivity contribution < 1.29 is 74.1 Å². The van der Waals surface area contributed by atoms with Gasteiger partial charge in [-0.25, -0.2) is 0 Å². The Kier molecular flexibility index (Phi) is 18.2. The monoisotopic (exact) mass is 162 g/mol. The van der Waals surface area contributed by atoms with Gasteiger partial charge in [-0.3, -0.25) is 0 Å². The van der Waals surface area contributed by atoms with E-state index >= 15 is 0 Å². The van der Waals surface area contributed by atoms with Crippen molar-refractivity contribution >= 4 is 5.97 Å². The number of carbonyl (C=O) groups excluding carboxylic acids is 1. The van der Waals surface area contributed by atoms with Crippen molar-refractivity contribution in [3.05, 3.63) is 0 Å². The second-order valence-electron chi connectivity index (χ2n) is 1.85. The van der Waals surface area contributed by atoms with Gasteiger partial charge in [-0.1, -0.05) is 12.8 Å². The summed E-state index contributed by atoms with van der Waals surface area (Å²) in [7, 11) is 0. The molecular formula is C5H8Na2O3. The molecule has 0 aromatic carbocycles. The number of carboxylic acid groups (broad SMARTS) is 1. The van der Waals surface area contributed by atoms with Gasteiger partial charge in [0, 0.05) is 5.97 Å². The predicted molar refractivity (Wildman–Crippen MR) is 23.7 cm³/mol. The maximum Gasteiger partial charge on any atom is 1.00 e. The van der Waals surface area contributed by atoms with Crippen LogP contribution in [0.5, 0.6) is 0 Å². The Balaban J connectivity index is -0.000000245. The first-order chi connectivity index (χ1) is 3.66. The molecule has 48 valence electrons. The molecule has 5 heteroatoms. The number of rotatable bonds is 3. The molecule has 0 spiro atoms. The van der Waals surface area contributed by atoms with E-state index in [1.54, 1.807) is 6.92 Å². The number of hydrogen-bond acceptors (Lipinski definition) is 3. The average molecular weight is 162 g/mol. The number of carbonyl (C=O) groups is 1. The standard InChI is InChI=1S/C5H9O3.2Na/c1-4(3-6)2-5(7)8;;/h4H,2-3H2,1H3,(H,7,8);;/q-1;2*+1/p-1. The van der Waals surface area contributed by atoms with Crippen molar-refractivity contribution in [2.24, 2.45) is 5.92 Å². The van der Waals surface area contributed by atoms with Crippen LogP contribution in [0.25, 0.3) is 0 Å². The molecule has 10 heavy (non-hydrogen) atoms. The van der Waals surface area contributed by atoms with Gasteiger partial charge in [0.1, 0.15) is 0 Å². The first-order valence-corrected chi connectivity index (χ1v) is 2.44. The summed E-state index contributed by atoms with van der Waals surface area (Å²) in [5.41, 5.74) is 0. The smallest absolute Gasteiger partial charge is 0.854 e. The molecule has 0 aromatic rings. The van der Waals surface area contributed by atoms with Crippen LogP contribution in [0.2, 0.25) is 0 Å². The molecule has 0 saturated carbocycles. The van der Waals surface area contributed by atoms with Gasteiger partial charge in [0.2, 0.25) is 0 Å². The summed E-state index contributed by atoms with van der Waals surface area (Å²) in [6.07, 6.45) is -0.122. The second-order valence-corrected chi connectivity index (χ2v) is 1.85. The zero-order valence-corrected chi connectivity index (χ0v) is 10.7. The minimum absolute atomic E-state index is 0. The molecular weight excluding hydrogens is 154 g/mol. The summed E-state index contributed by atoms with van der Waals surface area (Å²) in [6.45, 7) is 1.25. The Bertz CT molecular complexity index is 87.0. The summed E-state index contributed by atoms with van der Waals surface area (Å²) in [5.74, 6) is -1.44. The summed E-state index contributed by atoms with van der Waals surface area (Å²) in [4.78, 5) is 9.72. The van der Waals surface area contributed by atoms with Crippen LogP contribution in [-0.4, -0.2) is 12.6 Å². The van der Waals surface area contributed by atoms with Gasteiger partial charge in [-0.05, 0) is 6.42 Å². The quantitative estimate of drug-likeness (QED) is 0.387. The van der Waals surface area contributed by atoms with Gasteiger partial charge in [0.15, 0.2) is 0 Å². The van der Waals surface area contributed by atoms with E-state index in [0.29, 0.717) is 0 Å². The van der Waals surface area contributed by atoms with Crippen LogP contribution < -0.4 is 69.3 Å². The average Bonchev–Trinajstić information content (AvgIpc) is 1.65. The van der Waals surface area contributed by atoms with Crippen LogP contribution in [0.15, 0.2) is 0 Å². The summed E-state index contributed by atoms with van der Waals surface area (Å²) < 4.78 is 0. The molecule has 3 nitrogen and oxygen atoms in total. The molecule has 0 amide bonds. The molecule has 1 unspecified atom stereocenters. The molecule has 0 rings (SSSR count). The minimum Gasteiger partial charge on any atom is -0.854 e. The molecule has 0 saturated heterocycles. The topological polar surface area (TPSA) is 63.2 Å². The third-order valence-corrected chi connectivity index (χ3v) is 0.800. The van der Waals surface area contributed by atoms with Crippen LogP contribution in [0, 0.1) is 5.92 Å². The maximum absolute atomic E-state index is 9.87. The van der Waals surface area contributed by atoms with Crippen LogP contribution in [0.3, 0.4) is 0 Å². The van der Waals surface area contributed by atoms with E-state index in [1.165, 1.54) is 0 Å². The van der Waals surface area contributed by atoms with Gasteiger partial charge >= 0.3 is 59.1 Å². The molecule has 0 aromatic heterocycles. The molecule has 0 aliphatic rings. The van der Waals surface area contributed by atoms with Crippen molar-refractivity contribution in [3.8, 4) is 0 Å². The first kappa shape index (κ1) is 17.5. The molecule has 0 aliphatic heterocycles. The zero-order valence-electron chi connectivity index (χ0n) is 6.72. The Morgan fingerprint density at radius 2 is 1.90 bits per heavy atom. The van der Waals surface area contributed by atoms with Gasteiger partial charge in [0.25, 0.3) is 0 Å². The summed E-state index contributed by atoms with van der Waals surface area (Å²) in [6, 6.07) is 0. The molecule has 0 heterocycles. The van der Waals surface area contributed by atoms with E-state index < -0.39 is 5.97 Å². The minimum atomic E-state index is -1.15. The molecule has 0 N–H and O–H groups in total. The van der Waals surface area contributed by atoms with Crippen LogP contribution in [0.4, 0.5) is 0 Å². The zero-order chi connectivity index (χ0) is 6.57. The molecule has 0 fully saturated rings. The van der Waals surface area contributed by atoms with E-state index in [1.807, 2.05) is 0 Å². The Morgan fingerprint density at radius 3 is 2.00 bits per heavy atom. The van der Waals surface area contributed by atoms with E-state index in [2.05, 4.69) is 0 Å². The van der Waals surface area contributed by atoms with Crippen LogP contribution in [-0.2, 0) is 4.79 Å². The van der Waals surface area contributed by atoms with E-state index in [4.69, 9.17) is 0 Å². The number of aliphatic carboxylic acids is 1. The van der Waals surface area contributed by atoms with E-state index in [9.17, 15) is 15.0 Å². The Hall–Kier alpha value is 1.43. The second kappa shape index (κ2) is 10.4. The van der Waals surface area contributed by atoms with Gasteiger partial charge in [-0.2, -0.15) is 0 Å². The van der Waals surface area contributed by atoms with Crippen molar-refractivity contribution in [2.45, 2.75) is 13.3 Å². The van der Waals surface area contributed by atoms with Gasteiger partial charge in [0.05, 0.1) is 0 Å². The van der Waals surface area contributed by atoms with Gasteiger partial charge in [-0.15, -0.1) is 6.61 Å². The number of carboxylic acids is 1. The van der Waals surface area contributed by atoms with Gasteiger partial charge < -0.3 is 15.0 Å². The third-order valence-electron chi connectivity index (χ3n) is 0.800. The fourth-order valence-electron chi connectivity index (χ4n) is 0.343. The van der Waals surface area contributed by atoms with Crippen molar-refractivity contribution in [1.29, 1.82) is 0 Å². The van der Waals surface area contributed by atoms with Crippen molar-refractivity contribution in [1.82, 2.24) is 0 Å². The first-order valence-electron chi connectivity index (χ1n) is 2.44. The molecule has 0 bridgehead atoms. The van der Waals surface area contributed by atoms with E-state index in [-0.39, 0.29) is 78.1 Å². The number of hydrogen-bond donors (Lipinski definition) is 0. The fraction of sp³-hybridized carbons (Fsp3) is 0.800. The SMILES string of the molecule is CC(C[O-])CC(=O)[O-].[Na+].[Na+]. The Morgan fingerprint density at radius 1 is 1.50 bits per heavy atom. The normalized spacial score (nSPS) is 10.6. The molecule has 0 radical (unpaired) electrons. The predicted octanol–water partition coefficient (Wildman–Crippen LogP) is -7.87. The molecule has 1 atom stereocenters. The molecule has 0 aliphatic carbocycles. The van der Waals surface area contributed by atoms with Crippen molar-refractivity contribution in [3.63, 3.8) is 0 Å².